The van der Waals surface area contributed by atoms with Crippen molar-refractivity contribution in [3.05, 3.63) is 65.1 Å². The van der Waals surface area contributed by atoms with Gasteiger partial charge in [-0.15, -0.1) is 0 Å². The van der Waals surface area contributed by atoms with Crippen LogP contribution < -0.4 is 10.2 Å². The van der Waals surface area contributed by atoms with E-state index in [2.05, 4.69) is 10.3 Å². The van der Waals surface area contributed by atoms with Crippen molar-refractivity contribution in [2.75, 3.05) is 18.5 Å². The molecule has 0 saturated carbocycles. The number of aromatic amines is 1. The number of para-hydroxylation sites is 1. The number of fused-ring (bicyclic) bond motifs is 6. The lowest BCUT2D eigenvalue weighted by Crippen LogP contribution is -2.54. The van der Waals surface area contributed by atoms with E-state index in [1.165, 1.54) is 6.07 Å². The van der Waals surface area contributed by atoms with Gasteiger partial charge in [0.15, 0.2) is 5.54 Å². The number of amides is 1. The molecule has 1 amide bonds. The first-order chi connectivity index (χ1) is 11.6. The Labute approximate surface area is 138 Å². The molecule has 0 radical (unpaired) electrons. The monoisotopic (exact) mass is 321 g/mol. The van der Waals surface area contributed by atoms with Crippen molar-refractivity contribution in [1.82, 2.24) is 10.3 Å². The number of hydrogen-bond donors (Lipinski definition) is 2. The van der Waals surface area contributed by atoms with E-state index < -0.39 is 5.54 Å². The van der Waals surface area contributed by atoms with Gasteiger partial charge in [0.05, 0.1) is 5.69 Å². The van der Waals surface area contributed by atoms with Crippen LogP contribution in [0, 0.1) is 5.82 Å². The number of carbonyl (C=O) groups excluding carboxylic acids is 1. The Kier molecular flexibility index (Phi) is 2.55. The summed E-state index contributed by atoms with van der Waals surface area (Å²) in [6.45, 7) is 0.671. The fourth-order valence-corrected chi connectivity index (χ4v) is 4.23. The van der Waals surface area contributed by atoms with E-state index in [0.29, 0.717) is 6.54 Å². The molecule has 0 aliphatic carbocycles. The number of nitrogens with zero attached hydrogens (tertiary/aromatic N) is 1. The Hall–Kier alpha value is -2.66. The molecule has 1 aromatic heterocycles. The van der Waals surface area contributed by atoms with Gasteiger partial charge >= 0.3 is 0 Å². The Morgan fingerprint density at radius 2 is 2.04 bits per heavy atom. The van der Waals surface area contributed by atoms with Crippen LogP contribution in [-0.2, 0) is 16.8 Å². The standard InChI is InChI=1S/C19H16FN3O/c1-23-16-5-3-2-4-14(16)19(18(23)24)17-12(8-9-21-19)13-10-11(20)6-7-15(13)22-17/h2-7,10,21-22H,8-9H2,1H3/t19-/m0/s1. The van der Waals surface area contributed by atoms with Crippen LogP contribution in [0.4, 0.5) is 10.1 Å². The molecule has 5 rings (SSSR count). The number of halogens is 1. The number of aromatic nitrogens is 1. The first-order valence-corrected chi connectivity index (χ1v) is 8.06. The van der Waals surface area contributed by atoms with Crippen LogP contribution in [-0.4, -0.2) is 24.5 Å². The summed E-state index contributed by atoms with van der Waals surface area (Å²) in [7, 11) is 1.80. The molecule has 4 nitrogen and oxygen atoms in total. The summed E-state index contributed by atoms with van der Waals surface area (Å²) in [5.74, 6) is -0.260. The zero-order chi connectivity index (χ0) is 16.5. The molecule has 3 aromatic rings. The van der Waals surface area contributed by atoms with Gasteiger partial charge < -0.3 is 9.88 Å². The number of H-pyrrole nitrogens is 1. The van der Waals surface area contributed by atoms with Gasteiger partial charge in [0.1, 0.15) is 5.82 Å². The average molecular weight is 321 g/mol. The van der Waals surface area contributed by atoms with Crippen LogP contribution in [0.2, 0.25) is 0 Å². The molecular weight excluding hydrogens is 305 g/mol. The van der Waals surface area contributed by atoms with Crippen molar-refractivity contribution in [2.45, 2.75) is 12.0 Å². The number of likely N-dealkylation sites (N-methyl/N-ethyl adjacent to an activating group) is 1. The van der Waals surface area contributed by atoms with Gasteiger partial charge in [-0.3, -0.25) is 10.1 Å². The highest BCUT2D eigenvalue weighted by molar-refractivity contribution is 6.10. The Balaban J connectivity index is 1.87. The SMILES string of the molecule is CN1C(=O)[C@]2(NCCc3c2[nH]c2ccc(F)cc32)c2ccccc21. The van der Waals surface area contributed by atoms with Crippen molar-refractivity contribution in [2.24, 2.45) is 0 Å². The quantitative estimate of drug-likeness (QED) is 0.669. The average Bonchev–Trinajstić information content (AvgIpc) is 3.07. The van der Waals surface area contributed by atoms with Gasteiger partial charge in [-0.05, 0) is 36.2 Å². The van der Waals surface area contributed by atoms with Gasteiger partial charge in [0.25, 0.3) is 5.91 Å². The summed E-state index contributed by atoms with van der Waals surface area (Å²) in [5.41, 5.74) is 3.69. The third-order valence-electron chi connectivity index (χ3n) is 5.30. The number of rotatable bonds is 0. The molecule has 120 valence electrons. The lowest BCUT2D eigenvalue weighted by molar-refractivity contribution is -0.122. The summed E-state index contributed by atoms with van der Waals surface area (Å²) in [4.78, 5) is 18.3. The van der Waals surface area contributed by atoms with Crippen molar-refractivity contribution in [1.29, 1.82) is 0 Å². The normalized spacial score (nSPS) is 22.2. The van der Waals surface area contributed by atoms with E-state index in [0.717, 1.165) is 39.8 Å². The van der Waals surface area contributed by atoms with Gasteiger partial charge in [-0.25, -0.2) is 4.39 Å². The number of anilines is 1. The molecule has 5 heteroatoms. The number of benzene rings is 2. The number of carbonyl (C=O) groups is 1. The molecule has 2 aliphatic heterocycles. The van der Waals surface area contributed by atoms with E-state index in [-0.39, 0.29) is 11.7 Å². The van der Waals surface area contributed by atoms with E-state index in [1.54, 1.807) is 24.1 Å². The minimum absolute atomic E-state index is 0.00308. The minimum atomic E-state index is -0.908. The van der Waals surface area contributed by atoms with E-state index >= 15 is 0 Å². The Bertz CT molecular complexity index is 1010. The molecule has 0 fully saturated rings. The maximum absolute atomic E-state index is 13.7. The smallest absolute Gasteiger partial charge is 0.257 e. The van der Waals surface area contributed by atoms with Gasteiger partial charge in [-0.2, -0.15) is 0 Å². The van der Waals surface area contributed by atoms with Crippen LogP contribution in [0.25, 0.3) is 10.9 Å². The van der Waals surface area contributed by atoms with E-state index in [1.807, 2.05) is 24.3 Å². The molecule has 0 bridgehead atoms. The summed E-state index contributed by atoms with van der Waals surface area (Å²) >= 11 is 0. The maximum atomic E-state index is 13.7. The van der Waals surface area contributed by atoms with E-state index in [4.69, 9.17) is 0 Å². The van der Waals surface area contributed by atoms with Gasteiger partial charge in [-0.1, -0.05) is 18.2 Å². The van der Waals surface area contributed by atoms with Crippen molar-refractivity contribution in [3.63, 3.8) is 0 Å². The second-order valence-electron chi connectivity index (χ2n) is 6.48. The summed E-state index contributed by atoms with van der Waals surface area (Å²) < 4.78 is 13.7. The molecule has 2 aromatic carbocycles. The predicted molar refractivity (Wildman–Crippen MR) is 90.6 cm³/mol. The molecule has 0 saturated heterocycles. The molecule has 2 aliphatic rings. The summed E-state index contributed by atoms with van der Waals surface area (Å²) in [6, 6.07) is 12.6. The summed E-state index contributed by atoms with van der Waals surface area (Å²) in [5, 5.41) is 4.31. The first kappa shape index (κ1) is 13.7. The first-order valence-electron chi connectivity index (χ1n) is 8.06. The molecule has 1 atom stereocenters. The number of nitrogens with one attached hydrogen (secondary N) is 2. The maximum Gasteiger partial charge on any atom is 0.257 e. The second kappa shape index (κ2) is 4.45. The summed E-state index contributed by atoms with van der Waals surface area (Å²) in [6.07, 6.45) is 0.764. The van der Waals surface area contributed by atoms with Crippen LogP contribution >= 0.6 is 0 Å². The Morgan fingerprint density at radius 1 is 1.21 bits per heavy atom. The lowest BCUT2D eigenvalue weighted by atomic mass is 9.82. The van der Waals surface area contributed by atoms with Crippen LogP contribution in [0.5, 0.6) is 0 Å². The van der Waals surface area contributed by atoms with Crippen LogP contribution in [0.3, 0.4) is 0 Å². The van der Waals surface area contributed by atoms with E-state index in [9.17, 15) is 9.18 Å². The minimum Gasteiger partial charge on any atom is -0.356 e. The molecule has 24 heavy (non-hydrogen) atoms. The zero-order valence-corrected chi connectivity index (χ0v) is 13.2. The molecule has 1 spiro atoms. The topological polar surface area (TPSA) is 48.1 Å². The largest absolute Gasteiger partial charge is 0.356 e. The predicted octanol–water partition coefficient (Wildman–Crippen LogP) is 2.67. The molecule has 2 N–H and O–H groups in total. The highest BCUT2D eigenvalue weighted by atomic mass is 19.1. The molecular formula is C19H16FN3O. The highest BCUT2D eigenvalue weighted by Gasteiger charge is 2.54. The van der Waals surface area contributed by atoms with Crippen LogP contribution in [0.1, 0.15) is 16.8 Å². The lowest BCUT2D eigenvalue weighted by Gasteiger charge is -2.33. The molecule has 3 heterocycles. The van der Waals surface area contributed by atoms with Gasteiger partial charge in [0, 0.05) is 35.7 Å². The van der Waals surface area contributed by atoms with Crippen LogP contribution in [0.15, 0.2) is 42.5 Å². The van der Waals surface area contributed by atoms with Crippen molar-refractivity contribution < 1.29 is 9.18 Å². The number of hydrogen-bond acceptors (Lipinski definition) is 2. The molecule has 0 unspecified atom stereocenters. The zero-order valence-electron chi connectivity index (χ0n) is 13.2. The van der Waals surface area contributed by atoms with Crippen molar-refractivity contribution >= 4 is 22.5 Å². The fraction of sp³-hybridized carbons (Fsp3) is 0.211. The third kappa shape index (κ3) is 1.48. The van der Waals surface area contributed by atoms with Crippen molar-refractivity contribution in [3.8, 4) is 0 Å². The highest BCUT2D eigenvalue weighted by Crippen LogP contribution is 2.47. The fourth-order valence-electron chi connectivity index (χ4n) is 4.23. The Morgan fingerprint density at radius 3 is 2.92 bits per heavy atom. The second-order valence-corrected chi connectivity index (χ2v) is 6.48. The third-order valence-corrected chi connectivity index (χ3v) is 5.30. The van der Waals surface area contributed by atoms with Gasteiger partial charge in [0.2, 0.25) is 0 Å².